The Morgan fingerprint density at radius 3 is 2.42 bits per heavy atom. The Morgan fingerprint density at radius 2 is 2.08 bits per heavy atom. The van der Waals surface area contributed by atoms with Crippen molar-refractivity contribution in [2.45, 2.75) is 20.3 Å². The summed E-state index contributed by atoms with van der Waals surface area (Å²) in [5.41, 5.74) is 10.8. The molecule has 1 atom stereocenters. The van der Waals surface area contributed by atoms with Gasteiger partial charge in [-0.3, -0.25) is 4.79 Å². The molecule has 0 saturated heterocycles. The predicted molar refractivity (Wildman–Crippen MR) is 64.7 cm³/mol. The molecule has 5 N–H and O–H groups in total. The Balaban J connectivity index is 3.75. The highest BCUT2D eigenvalue weighted by molar-refractivity contribution is 14.2. The summed E-state index contributed by atoms with van der Waals surface area (Å²) in [5, 5.41) is 8.49. The van der Waals surface area contributed by atoms with Crippen molar-refractivity contribution in [1.29, 1.82) is 0 Å². The quantitative estimate of drug-likeness (QED) is 0.470. The lowest BCUT2D eigenvalue weighted by molar-refractivity contribution is -0.138. The molecule has 12 heavy (non-hydrogen) atoms. The molecule has 0 fully saturated rings. The Bertz CT molecular complexity index is 164. The first-order chi connectivity index (χ1) is 5.39. The Hall–Kier alpha value is 0.850. The third-order valence-electron chi connectivity index (χ3n) is 1.44. The van der Waals surface area contributed by atoms with E-state index in [1.54, 1.807) is 0 Å². The zero-order chi connectivity index (χ0) is 9.78. The maximum absolute atomic E-state index is 10.3. The van der Waals surface area contributed by atoms with Gasteiger partial charge in [-0.1, -0.05) is 45.2 Å². The van der Waals surface area contributed by atoms with Crippen molar-refractivity contribution in [3.63, 3.8) is 0 Å². The molecule has 0 radical (unpaired) electrons. The van der Waals surface area contributed by atoms with Crippen LogP contribution in [0.5, 0.6) is 0 Å². The van der Waals surface area contributed by atoms with Crippen molar-refractivity contribution < 1.29 is 9.90 Å². The highest BCUT2D eigenvalue weighted by Gasteiger charge is 2.22. The minimum Gasteiger partial charge on any atom is -0.480 e. The maximum Gasteiger partial charge on any atom is 0.320 e. The van der Waals surface area contributed by atoms with Crippen molar-refractivity contribution in [2.75, 3.05) is 6.54 Å². The molecule has 0 aliphatic carbocycles. The van der Waals surface area contributed by atoms with Gasteiger partial charge in [-0.25, -0.2) is 0 Å². The van der Waals surface area contributed by atoms with Crippen LogP contribution in [0.1, 0.15) is 12.8 Å². The van der Waals surface area contributed by atoms with Crippen LogP contribution in [0.15, 0.2) is 0 Å². The van der Waals surface area contributed by atoms with Gasteiger partial charge in [-0.05, 0) is 12.8 Å². The number of rotatable bonds is 5. The van der Waals surface area contributed by atoms with E-state index in [1.165, 1.54) is 0 Å². The van der Waals surface area contributed by atoms with E-state index in [-0.39, 0.29) is 1.43 Å². The number of hydrogen-bond donors (Lipinski definition) is 3. The van der Waals surface area contributed by atoms with Crippen molar-refractivity contribution in [3.05, 3.63) is 0 Å². The van der Waals surface area contributed by atoms with Crippen molar-refractivity contribution in [2.24, 2.45) is 11.5 Å². The van der Waals surface area contributed by atoms with Gasteiger partial charge in [0.25, 0.3) is 0 Å². The second-order valence-electron chi connectivity index (χ2n) is 2.54. The normalized spacial score (nSPS) is 14.3. The summed E-state index contributed by atoms with van der Waals surface area (Å²) in [6, 6.07) is -0.763. The summed E-state index contributed by atoms with van der Waals surface area (Å²) in [6.45, 7) is 0.528. The lowest BCUT2D eigenvalue weighted by atomic mass is 10.1. The van der Waals surface area contributed by atoms with Gasteiger partial charge < -0.3 is 16.6 Å². The molecule has 0 aliphatic rings. The first kappa shape index (κ1) is 12.8. The molecule has 0 bridgehead atoms. The van der Waals surface area contributed by atoms with Crippen LogP contribution in [0.3, 0.4) is 0 Å². The zero-order valence-electron chi connectivity index (χ0n) is 6.46. The van der Waals surface area contributed by atoms with E-state index in [1.807, 2.05) is 0 Å². The topological polar surface area (TPSA) is 89.3 Å². The van der Waals surface area contributed by atoms with Gasteiger partial charge in [0, 0.05) is 6.54 Å². The molecule has 0 rings (SSSR count). The number of aliphatic carboxylic acids is 1. The largest absolute Gasteiger partial charge is 0.480 e. The predicted octanol–water partition coefficient (Wildman–Crippen LogP) is 0.703. The fourth-order valence-electron chi connectivity index (χ4n) is 0.592. The number of carboxylic acids is 1. The third-order valence-corrected chi connectivity index (χ3v) is 3.40. The van der Waals surface area contributed by atoms with E-state index in [9.17, 15) is 4.79 Å². The van der Waals surface area contributed by atoms with Gasteiger partial charge in [-0.2, -0.15) is 0 Å². The van der Waals surface area contributed by atoms with Gasteiger partial charge in [-0.15, -0.1) is 0 Å². The second-order valence-corrected chi connectivity index (χ2v) is 8.74. The number of hydrogen-bond acceptors (Lipinski definition) is 3. The number of carbonyl (C=O) groups is 1. The molecule has 0 amide bonds. The Labute approximate surface area is 98.7 Å². The maximum atomic E-state index is 10.3. The minimum absolute atomic E-state index is 0.0669. The number of alkyl halides is 2. The van der Waals surface area contributed by atoms with E-state index >= 15 is 0 Å². The summed E-state index contributed by atoms with van der Waals surface area (Å²) in [7, 11) is 0. The highest BCUT2D eigenvalue weighted by Crippen LogP contribution is 2.31. The van der Waals surface area contributed by atoms with Gasteiger partial charge in [0.05, 0.1) is 1.43 Å². The molecular weight excluding hydrogens is 386 g/mol. The monoisotopic (exact) mass is 398 g/mol. The van der Waals surface area contributed by atoms with Crippen LogP contribution in [0.2, 0.25) is 0 Å². The van der Waals surface area contributed by atoms with Crippen LogP contribution in [-0.4, -0.2) is 25.1 Å². The summed E-state index contributed by atoms with van der Waals surface area (Å²) in [6.07, 6.45) is 1.19. The SMILES string of the molecule is NCC(I)(I)CC[C@H](N)C(=O)O. The molecule has 72 valence electrons. The molecule has 0 aromatic rings. The van der Waals surface area contributed by atoms with E-state index in [0.717, 1.165) is 6.42 Å². The van der Waals surface area contributed by atoms with Crippen molar-refractivity contribution in [3.8, 4) is 0 Å². The lowest BCUT2D eigenvalue weighted by Crippen LogP contribution is -2.33. The molecule has 6 heteroatoms. The first-order valence-electron chi connectivity index (χ1n) is 3.45. The minimum atomic E-state index is -0.948. The summed E-state index contributed by atoms with van der Waals surface area (Å²) in [4.78, 5) is 10.3. The summed E-state index contributed by atoms with van der Waals surface area (Å²) >= 11 is 4.42. The lowest BCUT2D eigenvalue weighted by Gasteiger charge is -2.18. The average molecular weight is 398 g/mol. The second kappa shape index (κ2) is 5.55. The third kappa shape index (κ3) is 5.49. The molecule has 4 nitrogen and oxygen atoms in total. The van der Waals surface area contributed by atoms with Crippen LogP contribution in [-0.2, 0) is 4.79 Å². The molecular formula is C6H12I2N2O2. The molecule has 0 aromatic carbocycles. The highest BCUT2D eigenvalue weighted by atomic mass is 127. The molecule has 0 aliphatic heterocycles. The molecule has 0 unspecified atom stereocenters. The van der Waals surface area contributed by atoms with Crippen molar-refractivity contribution >= 4 is 51.2 Å². The van der Waals surface area contributed by atoms with Crippen LogP contribution < -0.4 is 11.5 Å². The van der Waals surface area contributed by atoms with Gasteiger partial charge >= 0.3 is 5.97 Å². The molecule has 0 aromatic heterocycles. The first-order valence-corrected chi connectivity index (χ1v) is 5.61. The van der Waals surface area contributed by atoms with Crippen molar-refractivity contribution in [1.82, 2.24) is 0 Å². The Kier molecular flexibility index (Phi) is 5.95. The van der Waals surface area contributed by atoms with E-state index in [4.69, 9.17) is 16.6 Å². The number of carboxylic acid groups (broad SMARTS) is 1. The molecule has 0 saturated carbocycles. The fourth-order valence-corrected chi connectivity index (χ4v) is 1.22. The fraction of sp³-hybridized carbons (Fsp3) is 0.833. The van der Waals surface area contributed by atoms with E-state index in [2.05, 4.69) is 45.2 Å². The van der Waals surface area contributed by atoms with Crippen LogP contribution in [0.25, 0.3) is 0 Å². The number of nitrogens with two attached hydrogens (primary N) is 2. The number of halogens is 2. The zero-order valence-corrected chi connectivity index (χ0v) is 10.8. The summed E-state index contributed by atoms with van der Waals surface area (Å²) < 4.78 is -0.0669. The van der Waals surface area contributed by atoms with Gasteiger partial charge in [0.2, 0.25) is 0 Å². The van der Waals surface area contributed by atoms with Gasteiger partial charge in [0.1, 0.15) is 6.04 Å². The summed E-state index contributed by atoms with van der Waals surface area (Å²) in [5.74, 6) is -0.948. The standard InChI is InChI=1S/C6H12I2N2O2/c7-6(8,3-9)2-1-4(10)5(11)12/h4H,1-3,9-10H2,(H,11,12)/t4-/m0/s1. The molecule has 0 heterocycles. The van der Waals surface area contributed by atoms with E-state index in [0.29, 0.717) is 13.0 Å². The smallest absolute Gasteiger partial charge is 0.320 e. The average Bonchev–Trinajstić information content (AvgIpc) is 2.00. The molecule has 0 spiro atoms. The van der Waals surface area contributed by atoms with Crippen LogP contribution in [0.4, 0.5) is 0 Å². The van der Waals surface area contributed by atoms with Gasteiger partial charge in [0.15, 0.2) is 0 Å². The van der Waals surface area contributed by atoms with Crippen LogP contribution >= 0.6 is 45.2 Å². The van der Waals surface area contributed by atoms with Crippen LogP contribution in [0, 0.1) is 0 Å². The van der Waals surface area contributed by atoms with E-state index < -0.39 is 12.0 Å². The Morgan fingerprint density at radius 1 is 1.58 bits per heavy atom.